The van der Waals surface area contributed by atoms with Crippen LogP contribution in [0.4, 0.5) is 0 Å². The van der Waals surface area contributed by atoms with Crippen LogP contribution in [0, 0.1) is 0 Å². The molecule has 0 saturated heterocycles. The average Bonchev–Trinajstić information content (AvgIpc) is 2.73. The number of fused-ring (bicyclic) bond motifs is 1. The summed E-state index contributed by atoms with van der Waals surface area (Å²) in [6, 6.07) is 7.89. The van der Waals surface area contributed by atoms with Crippen molar-refractivity contribution in [2.24, 2.45) is 0 Å². The first kappa shape index (κ1) is 12.0. The molecule has 0 N–H and O–H groups in total. The number of hydrogen-bond acceptors (Lipinski definition) is 3. The zero-order chi connectivity index (χ0) is 11.4. The summed E-state index contributed by atoms with van der Waals surface area (Å²) in [5, 5.41) is 0.662. The molecule has 0 aliphatic heterocycles. The van der Waals surface area contributed by atoms with Crippen molar-refractivity contribution in [2.45, 2.75) is 19.3 Å². The summed E-state index contributed by atoms with van der Waals surface area (Å²) in [7, 11) is 0. The maximum Gasteiger partial charge on any atom is 0.191 e. The van der Waals surface area contributed by atoms with Crippen LogP contribution in [-0.4, -0.2) is 15.2 Å². The van der Waals surface area contributed by atoms with Gasteiger partial charge in [-0.25, -0.2) is 4.98 Å². The van der Waals surface area contributed by atoms with E-state index >= 15 is 0 Å². The van der Waals surface area contributed by atoms with Crippen LogP contribution in [0.3, 0.4) is 0 Å². The molecule has 0 spiro atoms. The molecule has 4 heteroatoms. The molecule has 0 fully saturated rings. The molecular weight excluding hydrogens is 333 g/mol. The molecular formula is C12H12INOS. The molecule has 2 aromatic rings. The zero-order valence-electron chi connectivity index (χ0n) is 8.78. The standard InChI is InChI=1S/C12H12INOS/c13-8-4-3-6-10(15)12-14-9-5-1-2-7-11(9)16-12/h1-2,5,7H,3-4,6,8H2. The highest BCUT2D eigenvalue weighted by molar-refractivity contribution is 14.1. The number of halogens is 1. The molecule has 2 rings (SSSR count). The summed E-state index contributed by atoms with van der Waals surface area (Å²) in [5.41, 5.74) is 0.935. The van der Waals surface area contributed by atoms with E-state index in [-0.39, 0.29) is 5.78 Å². The summed E-state index contributed by atoms with van der Waals surface area (Å²) in [4.78, 5) is 16.2. The Morgan fingerprint density at radius 3 is 2.88 bits per heavy atom. The Balaban J connectivity index is 2.11. The van der Waals surface area contributed by atoms with Gasteiger partial charge in [-0.05, 0) is 29.4 Å². The van der Waals surface area contributed by atoms with Gasteiger partial charge in [0.05, 0.1) is 10.2 Å². The molecule has 1 aromatic heterocycles. The van der Waals surface area contributed by atoms with Crippen LogP contribution < -0.4 is 0 Å². The minimum atomic E-state index is 0.186. The van der Waals surface area contributed by atoms with Crippen LogP contribution in [0.15, 0.2) is 24.3 Å². The smallest absolute Gasteiger partial charge is 0.191 e. The van der Waals surface area contributed by atoms with E-state index in [0.29, 0.717) is 11.4 Å². The number of carbonyl (C=O) groups excluding carboxylic acids is 1. The van der Waals surface area contributed by atoms with E-state index in [9.17, 15) is 4.79 Å². The molecule has 0 amide bonds. The summed E-state index contributed by atoms with van der Waals surface area (Å²) >= 11 is 3.84. The lowest BCUT2D eigenvalue weighted by atomic mass is 10.2. The van der Waals surface area contributed by atoms with E-state index in [0.717, 1.165) is 27.5 Å². The molecule has 2 nitrogen and oxygen atoms in total. The quantitative estimate of drug-likeness (QED) is 0.354. The van der Waals surface area contributed by atoms with Crippen molar-refractivity contribution in [2.75, 3.05) is 4.43 Å². The van der Waals surface area contributed by atoms with Gasteiger partial charge < -0.3 is 0 Å². The molecule has 16 heavy (non-hydrogen) atoms. The third kappa shape index (κ3) is 2.79. The van der Waals surface area contributed by atoms with Crippen molar-refractivity contribution < 1.29 is 4.79 Å². The van der Waals surface area contributed by atoms with Gasteiger partial charge in [0.25, 0.3) is 0 Å². The molecule has 84 valence electrons. The van der Waals surface area contributed by atoms with Crippen molar-refractivity contribution in [3.05, 3.63) is 29.3 Å². The third-order valence-corrected chi connectivity index (χ3v) is 4.16. The minimum Gasteiger partial charge on any atom is -0.292 e. The van der Waals surface area contributed by atoms with Gasteiger partial charge in [-0.1, -0.05) is 34.7 Å². The Bertz CT molecular complexity index is 461. The second kappa shape index (κ2) is 5.72. The molecule has 0 bridgehead atoms. The lowest BCUT2D eigenvalue weighted by molar-refractivity contribution is 0.0980. The fourth-order valence-corrected chi connectivity index (χ4v) is 2.95. The first-order chi connectivity index (χ1) is 7.81. The van der Waals surface area contributed by atoms with E-state index in [2.05, 4.69) is 27.6 Å². The highest BCUT2D eigenvalue weighted by atomic mass is 127. The van der Waals surface area contributed by atoms with Crippen LogP contribution in [0.2, 0.25) is 0 Å². The summed E-state index contributed by atoms with van der Waals surface area (Å²) in [6.45, 7) is 0. The van der Waals surface area contributed by atoms with Crippen molar-refractivity contribution in [3.63, 3.8) is 0 Å². The van der Waals surface area contributed by atoms with E-state index in [4.69, 9.17) is 0 Å². The van der Waals surface area contributed by atoms with Gasteiger partial charge in [0, 0.05) is 6.42 Å². The number of Topliss-reactive ketones (excluding diaryl/α,β-unsaturated/α-hetero) is 1. The molecule has 0 atom stereocenters. The van der Waals surface area contributed by atoms with Gasteiger partial charge in [-0.2, -0.15) is 0 Å². The predicted octanol–water partition coefficient (Wildman–Crippen LogP) is 4.08. The van der Waals surface area contributed by atoms with Gasteiger partial charge in [0.1, 0.15) is 0 Å². The third-order valence-electron chi connectivity index (χ3n) is 2.32. The Hall–Kier alpha value is -0.490. The molecule has 0 aliphatic rings. The van der Waals surface area contributed by atoms with Crippen molar-refractivity contribution in [1.82, 2.24) is 4.98 Å². The van der Waals surface area contributed by atoms with Crippen LogP contribution in [-0.2, 0) is 0 Å². The van der Waals surface area contributed by atoms with Gasteiger partial charge in [-0.3, -0.25) is 4.79 Å². The normalized spacial score (nSPS) is 10.8. The highest BCUT2D eigenvalue weighted by Crippen LogP contribution is 2.22. The number of aromatic nitrogens is 1. The Morgan fingerprint density at radius 1 is 1.31 bits per heavy atom. The van der Waals surface area contributed by atoms with E-state index in [1.54, 1.807) is 0 Å². The van der Waals surface area contributed by atoms with Crippen LogP contribution >= 0.6 is 33.9 Å². The fourth-order valence-electron chi connectivity index (χ4n) is 1.48. The predicted molar refractivity (Wildman–Crippen MR) is 76.7 cm³/mol. The molecule has 0 radical (unpaired) electrons. The molecule has 0 unspecified atom stereocenters. The van der Waals surface area contributed by atoms with Gasteiger partial charge in [0.2, 0.25) is 0 Å². The average molecular weight is 345 g/mol. The molecule has 1 aromatic carbocycles. The monoisotopic (exact) mass is 345 g/mol. The molecule has 0 aliphatic carbocycles. The largest absolute Gasteiger partial charge is 0.292 e. The number of thiazole rings is 1. The van der Waals surface area contributed by atoms with E-state index < -0.39 is 0 Å². The number of carbonyl (C=O) groups is 1. The second-order valence-corrected chi connectivity index (χ2v) is 5.67. The number of para-hydroxylation sites is 1. The van der Waals surface area contributed by atoms with Crippen LogP contribution in [0.5, 0.6) is 0 Å². The number of nitrogens with zero attached hydrogens (tertiary/aromatic N) is 1. The maximum absolute atomic E-state index is 11.8. The number of unbranched alkanes of at least 4 members (excludes halogenated alkanes) is 1. The number of hydrogen-bond donors (Lipinski definition) is 0. The van der Waals surface area contributed by atoms with E-state index in [1.807, 2.05) is 24.3 Å². The topological polar surface area (TPSA) is 30.0 Å². The number of alkyl halides is 1. The second-order valence-electron chi connectivity index (χ2n) is 3.56. The van der Waals surface area contributed by atoms with Gasteiger partial charge in [-0.15, -0.1) is 11.3 Å². The van der Waals surface area contributed by atoms with Gasteiger partial charge >= 0.3 is 0 Å². The zero-order valence-corrected chi connectivity index (χ0v) is 11.8. The van der Waals surface area contributed by atoms with E-state index in [1.165, 1.54) is 11.3 Å². The maximum atomic E-state index is 11.8. The summed E-state index contributed by atoms with van der Waals surface area (Å²) < 4.78 is 2.21. The van der Waals surface area contributed by atoms with Crippen molar-refractivity contribution in [1.29, 1.82) is 0 Å². The van der Waals surface area contributed by atoms with Gasteiger partial charge in [0.15, 0.2) is 10.8 Å². The summed E-state index contributed by atoms with van der Waals surface area (Å²) in [6.07, 6.45) is 2.71. The Morgan fingerprint density at radius 2 is 2.12 bits per heavy atom. The number of rotatable bonds is 5. The summed E-state index contributed by atoms with van der Waals surface area (Å²) in [5.74, 6) is 0.186. The molecule has 0 saturated carbocycles. The number of ketones is 1. The minimum absolute atomic E-state index is 0.186. The van der Waals surface area contributed by atoms with Crippen LogP contribution in [0.1, 0.15) is 29.1 Å². The van der Waals surface area contributed by atoms with Crippen molar-refractivity contribution in [3.8, 4) is 0 Å². The Labute approximate surface area is 112 Å². The first-order valence-corrected chi connectivity index (χ1v) is 7.60. The number of benzene rings is 1. The van der Waals surface area contributed by atoms with Crippen molar-refractivity contribution >= 4 is 49.9 Å². The molecule has 1 heterocycles. The first-order valence-electron chi connectivity index (χ1n) is 5.26. The van der Waals surface area contributed by atoms with Crippen LogP contribution in [0.25, 0.3) is 10.2 Å². The SMILES string of the molecule is O=C(CCCCI)c1nc2ccccc2s1. The fraction of sp³-hybridized carbons (Fsp3) is 0.333. The Kier molecular flexibility index (Phi) is 4.29. The lowest BCUT2D eigenvalue weighted by Gasteiger charge is -1.94. The highest BCUT2D eigenvalue weighted by Gasteiger charge is 2.11. The lowest BCUT2D eigenvalue weighted by Crippen LogP contribution is -1.97.